The number of carboxylic acids is 1. The molecule has 2 aromatic rings. The fourth-order valence-corrected chi connectivity index (χ4v) is 5.20. The van der Waals surface area contributed by atoms with E-state index in [9.17, 15) is 33.0 Å². The Hall–Kier alpha value is -3.87. The van der Waals surface area contributed by atoms with E-state index in [1.54, 1.807) is 38.1 Å². The van der Waals surface area contributed by atoms with Gasteiger partial charge in [0.05, 0.1) is 17.6 Å². The van der Waals surface area contributed by atoms with Crippen molar-refractivity contribution in [3.8, 4) is 5.75 Å². The van der Waals surface area contributed by atoms with E-state index in [0.29, 0.717) is 22.8 Å². The van der Waals surface area contributed by atoms with Gasteiger partial charge in [0.1, 0.15) is 11.4 Å². The zero-order chi connectivity index (χ0) is 30.4. The number of hydrogen-bond acceptors (Lipinski definition) is 8. The summed E-state index contributed by atoms with van der Waals surface area (Å²) in [6.07, 6.45) is 2.91. The number of amides is 2. The number of methoxy groups -OCH3 is 1. The van der Waals surface area contributed by atoms with Crippen LogP contribution in [0.1, 0.15) is 29.8 Å². The fraction of sp³-hybridized carbons (Fsp3) is 0.321. The Bertz CT molecular complexity index is 1480. The number of aliphatic hydroxyl groups excluding tert-OH is 1. The monoisotopic (exact) mass is 605 g/mol. The SMILES string of the molecule is COc1ccc(Cl)cc1C(=O)NCCc1ccc(S(=O)(=O)NC(=O)C2=CC=C(C(=O)O)N(CC(C)(C)CO)C2)cc1. The molecule has 0 bridgehead atoms. The Balaban J connectivity index is 1.62. The van der Waals surface area contributed by atoms with Gasteiger partial charge in [0.2, 0.25) is 0 Å². The number of halogens is 1. The predicted molar refractivity (Wildman–Crippen MR) is 152 cm³/mol. The van der Waals surface area contributed by atoms with Crippen LogP contribution < -0.4 is 14.8 Å². The van der Waals surface area contributed by atoms with Crippen LogP contribution in [-0.2, 0) is 26.0 Å². The highest BCUT2D eigenvalue weighted by atomic mass is 35.5. The van der Waals surface area contributed by atoms with E-state index in [1.807, 2.05) is 4.72 Å². The number of ether oxygens (including phenoxy) is 1. The lowest BCUT2D eigenvalue weighted by Gasteiger charge is -2.35. The number of carbonyl (C=O) groups is 3. The van der Waals surface area contributed by atoms with Gasteiger partial charge in [-0.2, -0.15) is 0 Å². The van der Waals surface area contributed by atoms with Crippen LogP contribution in [0.2, 0.25) is 5.02 Å². The molecule has 3 rings (SSSR count). The molecular formula is C28H32ClN3O8S. The minimum atomic E-state index is -4.23. The van der Waals surface area contributed by atoms with E-state index in [1.165, 1.54) is 42.4 Å². The molecule has 1 heterocycles. The van der Waals surface area contributed by atoms with Crippen molar-refractivity contribution >= 4 is 39.4 Å². The Kier molecular flexibility index (Phi) is 10.2. The second kappa shape index (κ2) is 13.2. The van der Waals surface area contributed by atoms with Gasteiger partial charge < -0.3 is 25.2 Å². The van der Waals surface area contributed by atoms with Crippen LogP contribution in [0.4, 0.5) is 0 Å². The van der Waals surface area contributed by atoms with Crippen molar-refractivity contribution in [3.05, 3.63) is 82.0 Å². The number of nitrogens with zero attached hydrogens (tertiary/aromatic N) is 1. The lowest BCUT2D eigenvalue weighted by atomic mass is 9.93. The van der Waals surface area contributed by atoms with E-state index in [2.05, 4.69) is 5.32 Å². The van der Waals surface area contributed by atoms with Crippen LogP contribution in [0.3, 0.4) is 0 Å². The molecule has 13 heteroatoms. The average Bonchev–Trinajstić information content (AvgIpc) is 2.92. The number of carboxylic acid groups (broad SMARTS) is 1. The topological polar surface area (TPSA) is 162 Å². The van der Waals surface area contributed by atoms with Crippen LogP contribution in [0.5, 0.6) is 5.75 Å². The van der Waals surface area contributed by atoms with E-state index >= 15 is 0 Å². The molecule has 0 atom stereocenters. The van der Waals surface area contributed by atoms with E-state index < -0.39 is 27.3 Å². The molecule has 0 spiro atoms. The molecule has 0 aliphatic carbocycles. The molecule has 0 saturated carbocycles. The summed E-state index contributed by atoms with van der Waals surface area (Å²) in [5.41, 5.74) is 0.365. The summed E-state index contributed by atoms with van der Waals surface area (Å²) in [6, 6.07) is 10.6. The molecule has 0 unspecified atom stereocenters. The molecular weight excluding hydrogens is 574 g/mol. The summed E-state index contributed by atoms with van der Waals surface area (Å²) >= 11 is 5.98. The Labute approximate surface area is 243 Å². The highest BCUT2D eigenvalue weighted by Gasteiger charge is 2.30. The number of rotatable bonds is 12. The van der Waals surface area contributed by atoms with Crippen molar-refractivity contribution in [1.29, 1.82) is 0 Å². The Morgan fingerprint density at radius 3 is 2.37 bits per heavy atom. The molecule has 220 valence electrons. The second-order valence-corrected chi connectivity index (χ2v) is 12.3. The van der Waals surface area contributed by atoms with E-state index in [-0.39, 0.29) is 48.3 Å². The smallest absolute Gasteiger partial charge is 0.352 e. The van der Waals surface area contributed by atoms with Crippen molar-refractivity contribution in [3.63, 3.8) is 0 Å². The third-order valence-electron chi connectivity index (χ3n) is 6.27. The van der Waals surface area contributed by atoms with Gasteiger partial charge in [-0.05, 0) is 54.5 Å². The van der Waals surface area contributed by atoms with Gasteiger partial charge in [0.25, 0.3) is 21.8 Å². The third-order valence-corrected chi connectivity index (χ3v) is 7.85. The van der Waals surface area contributed by atoms with Crippen LogP contribution in [0.25, 0.3) is 0 Å². The second-order valence-electron chi connectivity index (χ2n) is 10.2. The number of allylic oxidation sites excluding steroid dienone is 2. The van der Waals surface area contributed by atoms with Gasteiger partial charge in [-0.3, -0.25) is 9.59 Å². The summed E-state index contributed by atoms with van der Waals surface area (Å²) in [5, 5.41) is 22.2. The minimum Gasteiger partial charge on any atom is -0.496 e. The maximum atomic E-state index is 12.9. The van der Waals surface area contributed by atoms with Crippen molar-refractivity contribution in [2.45, 2.75) is 25.2 Å². The summed E-state index contributed by atoms with van der Waals surface area (Å²) in [5.74, 6) is -2.08. The molecule has 0 aromatic heterocycles. The highest BCUT2D eigenvalue weighted by Crippen LogP contribution is 2.24. The third kappa shape index (κ3) is 8.32. The first-order valence-corrected chi connectivity index (χ1v) is 14.4. The molecule has 2 amide bonds. The van der Waals surface area contributed by atoms with Crippen molar-refractivity contribution in [2.24, 2.45) is 5.41 Å². The fourth-order valence-electron chi connectivity index (χ4n) is 4.05. The highest BCUT2D eigenvalue weighted by molar-refractivity contribution is 7.90. The molecule has 0 radical (unpaired) electrons. The molecule has 1 aliphatic heterocycles. The normalized spacial score (nSPS) is 13.6. The quantitative estimate of drug-likeness (QED) is 0.284. The number of aliphatic hydroxyl groups is 1. The molecule has 41 heavy (non-hydrogen) atoms. The predicted octanol–water partition coefficient (Wildman–Crippen LogP) is 2.36. The Morgan fingerprint density at radius 2 is 1.76 bits per heavy atom. The molecule has 4 N–H and O–H groups in total. The first kappa shape index (κ1) is 31.7. The summed E-state index contributed by atoms with van der Waals surface area (Å²) < 4.78 is 33.0. The van der Waals surface area contributed by atoms with E-state index in [4.69, 9.17) is 16.3 Å². The molecule has 0 fully saturated rings. The summed E-state index contributed by atoms with van der Waals surface area (Å²) in [6.45, 7) is 3.52. The number of sulfonamides is 1. The van der Waals surface area contributed by atoms with E-state index in [0.717, 1.165) is 5.56 Å². The molecule has 2 aromatic carbocycles. The molecule has 11 nitrogen and oxygen atoms in total. The number of benzene rings is 2. The average molecular weight is 606 g/mol. The molecule has 0 saturated heterocycles. The van der Waals surface area contributed by atoms with Gasteiger partial charge in [-0.25, -0.2) is 17.9 Å². The minimum absolute atomic E-state index is 0.0519. The lowest BCUT2D eigenvalue weighted by Crippen LogP contribution is -2.43. The zero-order valence-electron chi connectivity index (χ0n) is 22.8. The van der Waals surface area contributed by atoms with Crippen LogP contribution >= 0.6 is 11.6 Å². The number of nitrogens with one attached hydrogen (secondary N) is 2. The number of carbonyl (C=O) groups excluding carboxylic acids is 2. The van der Waals surface area contributed by atoms with Gasteiger partial charge in [0, 0.05) is 42.3 Å². The van der Waals surface area contributed by atoms with Crippen LogP contribution in [-0.4, -0.2) is 74.7 Å². The number of aliphatic carboxylic acids is 1. The maximum absolute atomic E-state index is 12.9. The van der Waals surface area contributed by atoms with Crippen molar-refractivity contribution in [1.82, 2.24) is 14.9 Å². The van der Waals surface area contributed by atoms with Crippen molar-refractivity contribution < 1.29 is 37.8 Å². The largest absolute Gasteiger partial charge is 0.496 e. The Morgan fingerprint density at radius 1 is 1.07 bits per heavy atom. The number of hydrogen-bond donors (Lipinski definition) is 4. The summed E-state index contributed by atoms with van der Waals surface area (Å²) in [4.78, 5) is 38.3. The summed E-state index contributed by atoms with van der Waals surface area (Å²) in [7, 11) is -2.78. The zero-order valence-corrected chi connectivity index (χ0v) is 24.4. The van der Waals surface area contributed by atoms with Gasteiger partial charge >= 0.3 is 5.97 Å². The molecule has 1 aliphatic rings. The standard InChI is InChI=1S/C28H32ClN3O8S/c1-28(2,17-33)16-32-15-19(6-10-23(32)27(36)37)25(34)31-41(38,39)21-8-4-18(5-9-21)12-13-30-26(35)22-14-20(29)7-11-24(22)40-3/h4-11,14,33H,12-13,15-17H2,1-3H3,(H,30,35)(H,31,34)(H,36,37). The van der Waals surface area contributed by atoms with Crippen LogP contribution in [0.15, 0.2) is 70.8 Å². The first-order chi connectivity index (χ1) is 19.3. The van der Waals surface area contributed by atoms with Crippen LogP contribution in [0, 0.1) is 5.41 Å². The lowest BCUT2D eigenvalue weighted by molar-refractivity contribution is -0.134. The first-order valence-electron chi connectivity index (χ1n) is 12.5. The van der Waals surface area contributed by atoms with Gasteiger partial charge in [-0.1, -0.05) is 37.6 Å². The van der Waals surface area contributed by atoms with Gasteiger partial charge in [-0.15, -0.1) is 0 Å². The maximum Gasteiger partial charge on any atom is 0.352 e. The van der Waals surface area contributed by atoms with Gasteiger partial charge in [0.15, 0.2) is 0 Å². The van der Waals surface area contributed by atoms with Crippen molar-refractivity contribution in [2.75, 3.05) is 33.4 Å².